The first-order valence-electron chi connectivity index (χ1n) is 8.31. The van der Waals surface area contributed by atoms with Crippen molar-refractivity contribution in [3.05, 3.63) is 53.6 Å². The molecule has 1 saturated heterocycles. The van der Waals surface area contributed by atoms with Gasteiger partial charge in [-0.05, 0) is 36.2 Å². The molecule has 1 atom stereocenters. The Kier molecular flexibility index (Phi) is 5.12. The molecule has 3 rings (SSSR count). The summed E-state index contributed by atoms with van der Waals surface area (Å²) in [5.41, 5.74) is 1.80. The van der Waals surface area contributed by atoms with Gasteiger partial charge in [0.2, 0.25) is 0 Å². The van der Waals surface area contributed by atoms with E-state index in [2.05, 4.69) is 12.1 Å². The van der Waals surface area contributed by atoms with Crippen LogP contribution in [0.15, 0.2) is 42.5 Å². The second-order valence-electron chi connectivity index (χ2n) is 6.08. The zero-order valence-corrected chi connectivity index (χ0v) is 14.8. The Hall–Kier alpha value is -2.69. The largest absolute Gasteiger partial charge is 0.497 e. The molecule has 0 unspecified atom stereocenters. The van der Waals surface area contributed by atoms with Crippen LogP contribution in [0.25, 0.3) is 0 Å². The molecule has 0 N–H and O–H groups in total. The number of likely N-dealkylation sites (tertiary alicyclic amines) is 1. The monoisotopic (exact) mass is 341 g/mol. The van der Waals surface area contributed by atoms with Gasteiger partial charge >= 0.3 is 0 Å². The summed E-state index contributed by atoms with van der Waals surface area (Å²) in [5.74, 6) is 2.40. The van der Waals surface area contributed by atoms with Crippen LogP contribution >= 0.6 is 0 Å². The van der Waals surface area contributed by atoms with Crippen molar-refractivity contribution >= 4 is 5.91 Å². The van der Waals surface area contributed by atoms with Crippen LogP contribution in [0.4, 0.5) is 0 Å². The fourth-order valence-electron chi connectivity index (χ4n) is 3.24. The summed E-state index contributed by atoms with van der Waals surface area (Å²) in [7, 11) is 4.82. The van der Waals surface area contributed by atoms with Crippen LogP contribution < -0.4 is 14.2 Å². The number of carbonyl (C=O) groups excluding carboxylic acids is 1. The van der Waals surface area contributed by atoms with Gasteiger partial charge in [-0.3, -0.25) is 4.79 Å². The minimum Gasteiger partial charge on any atom is -0.497 e. The standard InChI is InChI=1S/C20H23NO4/c1-23-16-6-4-14(5-7-16)15-10-11-21(13-15)20(22)18-9-8-17(24-2)12-19(18)25-3/h4-9,12,15H,10-11,13H2,1-3H3/t15-/m1/s1. The van der Waals surface area contributed by atoms with Gasteiger partial charge in [-0.15, -0.1) is 0 Å². The fourth-order valence-corrected chi connectivity index (χ4v) is 3.24. The minimum atomic E-state index is -0.00415. The molecule has 1 fully saturated rings. The first kappa shape index (κ1) is 17.1. The second kappa shape index (κ2) is 7.47. The van der Waals surface area contributed by atoms with Crippen molar-refractivity contribution in [2.45, 2.75) is 12.3 Å². The van der Waals surface area contributed by atoms with Crippen LogP contribution in [0.5, 0.6) is 17.2 Å². The summed E-state index contributed by atoms with van der Waals surface area (Å²) < 4.78 is 15.8. The maximum absolute atomic E-state index is 12.9. The van der Waals surface area contributed by atoms with E-state index < -0.39 is 0 Å². The summed E-state index contributed by atoms with van der Waals surface area (Å²) >= 11 is 0. The van der Waals surface area contributed by atoms with Crippen molar-refractivity contribution in [1.82, 2.24) is 4.90 Å². The van der Waals surface area contributed by atoms with Gasteiger partial charge in [-0.2, -0.15) is 0 Å². The lowest BCUT2D eigenvalue weighted by atomic mass is 9.98. The highest BCUT2D eigenvalue weighted by molar-refractivity contribution is 5.97. The second-order valence-corrected chi connectivity index (χ2v) is 6.08. The number of rotatable bonds is 5. The average Bonchev–Trinajstić information content (AvgIpc) is 3.17. The third-order valence-electron chi connectivity index (χ3n) is 4.70. The molecule has 2 aromatic rings. The summed E-state index contributed by atoms with van der Waals surface area (Å²) in [4.78, 5) is 14.8. The van der Waals surface area contributed by atoms with E-state index in [1.807, 2.05) is 17.0 Å². The number of hydrogen-bond acceptors (Lipinski definition) is 4. The third-order valence-corrected chi connectivity index (χ3v) is 4.70. The van der Waals surface area contributed by atoms with Crippen LogP contribution in [-0.4, -0.2) is 45.2 Å². The maximum atomic E-state index is 12.9. The molecule has 1 aliphatic rings. The highest BCUT2D eigenvalue weighted by Gasteiger charge is 2.29. The van der Waals surface area contributed by atoms with Crippen LogP contribution in [-0.2, 0) is 0 Å². The normalized spacial score (nSPS) is 16.6. The van der Waals surface area contributed by atoms with Gasteiger partial charge < -0.3 is 19.1 Å². The predicted octanol–water partition coefficient (Wildman–Crippen LogP) is 3.34. The van der Waals surface area contributed by atoms with Gasteiger partial charge in [-0.25, -0.2) is 0 Å². The molecule has 0 saturated carbocycles. The zero-order valence-electron chi connectivity index (χ0n) is 14.8. The van der Waals surface area contributed by atoms with Gasteiger partial charge in [0, 0.05) is 25.1 Å². The lowest BCUT2D eigenvalue weighted by Gasteiger charge is -2.19. The number of benzene rings is 2. The molecule has 1 amide bonds. The lowest BCUT2D eigenvalue weighted by Crippen LogP contribution is -2.28. The van der Waals surface area contributed by atoms with E-state index in [-0.39, 0.29) is 5.91 Å². The third kappa shape index (κ3) is 3.55. The summed E-state index contributed by atoms with van der Waals surface area (Å²) in [5, 5.41) is 0. The molecule has 0 radical (unpaired) electrons. The summed E-state index contributed by atoms with van der Waals surface area (Å²) in [6.45, 7) is 1.45. The van der Waals surface area contributed by atoms with Crippen molar-refractivity contribution in [2.24, 2.45) is 0 Å². The van der Waals surface area contributed by atoms with Gasteiger partial charge in [-0.1, -0.05) is 12.1 Å². The molecule has 0 spiro atoms. The van der Waals surface area contributed by atoms with Gasteiger partial charge in [0.15, 0.2) is 0 Å². The number of methoxy groups -OCH3 is 3. The van der Waals surface area contributed by atoms with Crippen LogP contribution in [0.3, 0.4) is 0 Å². The van der Waals surface area contributed by atoms with Crippen molar-refractivity contribution in [3.8, 4) is 17.2 Å². The lowest BCUT2D eigenvalue weighted by molar-refractivity contribution is 0.0787. The minimum absolute atomic E-state index is 0.00415. The topological polar surface area (TPSA) is 48.0 Å². The van der Waals surface area contributed by atoms with E-state index in [4.69, 9.17) is 14.2 Å². The Morgan fingerprint density at radius 3 is 2.28 bits per heavy atom. The maximum Gasteiger partial charge on any atom is 0.257 e. The average molecular weight is 341 g/mol. The SMILES string of the molecule is COc1ccc([C@@H]2CCN(C(=O)c3ccc(OC)cc3OC)C2)cc1. The Labute approximate surface area is 148 Å². The first-order chi connectivity index (χ1) is 12.2. The molecular weight excluding hydrogens is 318 g/mol. The Bertz CT molecular complexity index is 742. The quantitative estimate of drug-likeness (QED) is 0.837. The number of hydrogen-bond donors (Lipinski definition) is 0. The van der Waals surface area contributed by atoms with E-state index in [0.29, 0.717) is 29.5 Å². The molecule has 25 heavy (non-hydrogen) atoms. The number of ether oxygens (including phenoxy) is 3. The van der Waals surface area contributed by atoms with Gasteiger partial charge in [0.25, 0.3) is 5.91 Å². The summed E-state index contributed by atoms with van der Waals surface area (Å²) in [6, 6.07) is 13.4. The van der Waals surface area contributed by atoms with Crippen LogP contribution in [0.1, 0.15) is 28.3 Å². The van der Waals surface area contributed by atoms with E-state index in [1.165, 1.54) is 5.56 Å². The molecule has 132 valence electrons. The molecule has 2 aromatic carbocycles. The van der Waals surface area contributed by atoms with Crippen molar-refractivity contribution in [1.29, 1.82) is 0 Å². The molecule has 0 bridgehead atoms. The Balaban J connectivity index is 1.74. The Morgan fingerprint density at radius 2 is 1.64 bits per heavy atom. The first-order valence-corrected chi connectivity index (χ1v) is 8.31. The molecule has 1 heterocycles. The smallest absolute Gasteiger partial charge is 0.257 e. The van der Waals surface area contributed by atoms with Gasteiger partial charge in [0.05, 0.1) is 26.9 Å². The number of nitrogens with zero attached hydrogens (tertiary/aromatic N) is 1. The number of amides is 1. The predicted molar refractivity (Wildman–Crippen MR) is 95.8 cm³/mol. The summed E-state index contributed by atoms with van der Waals surface area (Å²) in [6.07, 6.45) is 0.955. The van der Waals surface area contributed by atoms with Crippen LogP contribution in [0.2, 0.25) is 0 Å². The zero-order chi connectivity index (χ0) is 17.8. The van der Waals surface area contributed by atoms with Crippen molar-refractivity contribution in [2.75, 3.05) is 34.4 Å². The van der Waals surface area contributed by atoms with E-state index in [0.717, 1.165) is 18.7 Å². The molecule has 1 aliphatic heterocycles. The van der Waals surface area contributed by atoms with E-state index in [9.17, 15) is 4.79 Å². The molecule has 0 aliphatic carbocycles. The molecule has 5 heteroatoms. The van der Waals surface area contributed by atoms with Gasteiger partial charge in [0.1, 0.15) is 17.2 Å². The number of carbonyl (C=O) groups is 1. The van der Waals surface area contributed by atoms with Crippen molar-refractivity contribution < 1.29 is 19.0 Å². The molecule has 0 aromatic heterocycles. The molecular formula is C20H23NO4. The molecule has 5 nitrogen and oxygen atoms in total. The van der Waals surface area contributed by atoms with E-state index in [1.54, 1.807) is 39.5 Å². The fraction of sp³-hybridized carbons (Fsp3) is 0.350. The Morgan fingerprint density at radius 1 is 0.960 bits per heavy atom. The van der Waals surface area contributed by atoms with Crippen LogP contribution in [0, 0.1) is 0 Å². The van der Waals surface area contributed by atoms with Crippen molar-refractivity contribution in [3.63, 3.8) is 0 Å². The van der Waals surface area contributed by atoms with E-state index >= 15 is 0 Å². The highest BCUT2D eigenvalue weighted by atomic mass is 16.5. The highest BCUT2D eigenvalue weighted by Crippen LogP contribution is 2.31.